The van der Waals surface area contributed by atoms with Gasteiger partial charge in [-0.1, -0.05) is 18.2 Å². The Morgan fingerprint density at radius 2 is 1.96 bits per heavy atom. The first-order valence-electron chi connectivity index (χ1n) is 16.2. The molecule has 1 fully saturated rings. The first-order valence-corrected chi connectivity index (χ1v) is 16.2. The van der Waals surface area contributed by atoms with Crippen molar-refractivity contribution in [1.29, 1.82) is 5.26 Å². The number of carbonyl (C=O) groups is 1. The van der Waals surface area contributed by atoms with Crippen LogP contribution >= 0.6 is 0 Å². The minimum Gasteiger partial charge on any atom is -0.489 e. The number of methoxy groups -OCH3 is 1. The number of aromatic carboxylic acids is 1. The molecular formula is C37H35N5O7. The van der Waals surface area contributed by atoms with Crippen LogP contribution in [0.3, 0.4) is 0 Å². The van der Waals surface area contributed by atoms with Crippen LogP contribution in [-0.2, 0) is 46.8 Å². The number of imidazole rings is 1. The fraction of sp³-hybridized carbons (Fsp3) is 0.324. The number of nitrogens with zero attached hydrogens (tertiary/aromatic N) is 5. The lowest BCUT2D eigenvalue weighted by molar-refractivity contribution is -0.0589. The molecule has 0 unspecified atom stereocenters. The number of hydrogen-bond donors (Lipinski definition) is 1. The van der Waals surface area contributed by atoms with Crippen LogP contribution < -0.4 is 9.47 Å². The normalized spacial score (nSPS) is 15.7. The standard InChI is InChI=1S/C37H35N5O7/c1-45-13-14-48-33-17-26(37(43)44)16-32-36(33)41-34(42(32)20-29-9-12-47-29)18-23-5-6-24-15-27(23)21-46-11-10-31-25(19-38)7-8-28(39-31)22-49-35-4-2-3-30(24)40-35/h2-8,15-17,29H,9-14,18,20-22H2,1H3,(H,43,44)/t29-/m0/s1. The second-order valence-corrected chi connectivity index (χ2v) is 11.9. The van der Waals surface area contributed by atoms with Gasteiger partial charge in [-0.2, -0.15) is 5.26 Å². The first-order chi connectivity index (χ1) is 24.0. The van der Waals surface area contributed by atoms with E-state index in [9.17, 15) is 15.2 Å². The van der Waals surface area contributed by atoms with Gasteiger partial charge in [0, 0.05) is 38.2 Å². The molecule has 5 heterocycles. The van der Waals surface area contributed by atoms with E-state index in [0.717, 1.165) is 34.6 Å². The number of benzene rings is 2. The summed E-state index contributed by atoms with van der Waals surface area (Å²) in [5, 5.41) is 19.6. The van der Waals surface area contributed by atoms with Crippen LogP contribution in [0.15, 0.2) is 60.7 Å². The highest BCUT2D eigenvalue weighted by atomic mass is 16.5. The third kappa shape index (κ3) is 7.10. The molecule has 2 aliphatic rings. The van der Waals surface area contributed by atoms with E-state index in [1.54, 1.807) is 25.3 Å². The molecule has 0 aliphatic carbocycles. The Morgan fingerprint density at radius 3 is 2.76 bits per heavy atom. The van der Waals surface area contributed by atoms with Crippen LogP contribution in [0.25, 0.3) is 22.3 Å². The van der Waals surface area contributed by atoms with Gasteiger partial charge in [0.25, 0.3) is 0 Å². The van der Waals surface area contributed by atoms with Crippen molar-refractivity contribution in [1.82, 2.24) is 19.5 Å². The topological polar surface area (TPSA) is 151 Å². The number of carboxylic acid groups (broad SMARTS) is 1. The number of ether oxygens (including phenoxy) is 5. The summed E-state index contributed by atoms with van der Waals surface area (Å²) in [7, 11) is 1.58. The highest BCUT2D eigenvalue weighted by Crippen LogP contribution is 2.32. The van der Waals surface area contributed by atoms with E-state index in [2.05, 4.69) is 23.2 Å². The molecule has 1 N–H and O–H groups in total. The lowest BCUT2D eigenvalue weighted by atomic mass is 9.99. The summed E-state index contributed by atoms with van der Waals surface area (Å²) >= 11 is 0. The molecule has 1 saturated heterocycles. The maximum atomic E-state index is 12.1. The monoisotopic (exact) mass is 661 g/mol. The highest BCUT2D eigenvalue weighted by molar-refractivity contribution is 5.95. The summed E-state index contributed by atoms with van der Waals surface area (Å²) in [6.07, 6.45) is 1.82. The van der Waals surface area contributed by atoms with Crippen molar-refractivity contribution in [2.75, 3.05) is 33.5 Å². The van der Waals surface area contributed by atoms with E-state index in [0.29, 0.717) is 85.4 Å². The molecule has 3 aromatic heterocycles. The first kappa shape index (κ1) is 32.2. The molecule has 250 valence electrons. The van der Waals surface area contributed by atoms with Gasteiger partial charge in [-0.15, -0.1) is 0 Å². The van der Waals surface area contributed by atoms with Gasteiger partial charge in [0.05, 0.1) is 66.2 Å². The van der Waals surface area contributed by atoms with Crippen LogP contribution in [-0.4, -0.2) is 70.2 Å². The average molecular weight is 662 g/mol. The SMILES string of the molecule is COCCOc1cc(C(=O)O)cc2c1nc(Cc1ccc3cc1COCCc1nc(ccc1C#N)COc1cccc-3n1)n2C[C@@H]1CCO1. The lowest BCUT2D eigenvalue weighted by Gasteiger charge is -2.27. The Labute approximate surface area is 282 Å². The van der Waals surface area contributed by atoms with Crippen LogP contribution in [0, 0.1) is 11.3 Å². The average Bonchev–Trinajstić information content (AvgIpc) is 3.44. The maximum Gasteiger partial charge on any atom is 0.335 e. The summed E-state index contributed by atoms with van der Waals surface area (Å²) in [4.78, 5) is 26.6. The number of carboxylic acids is 1. The van der Waals surface area contributed by atoms with E-state index in [1.807, 2.05) is 28.8 Å². The second-order valence-electron chi connectivity index (χ2n) is 11.9. The molecule has 7 rings (SSSR count). The summed E-state index contributed by atoms with van der Waals surface area (Å²) in [5.41, 5.74) is 6.83. The van der Waals surface area contributed by atoms with Gasteiger partial charge in [-0.3, -0.25) is 4.98 Å². The van der Waals surface area contributed by atoms with E-state index in [4.69, 9.17) is 33.7 Å². The Bertz CT molecular complexity index is 2050. The summed E-state index contributed by atoms with van der Waals surface area (Å²) < 4.78 is 31.2. The fourth-order valence-corrected chi connectivity index (χ4v) is 6.02. The van der Waals surface area contributed by atoms with Crippen molar-refractivity contribution in [2.24, 2.45) is 0 Å². The van der Waals surface area contributed by atoms with E-state index in [1.165, 1.54) is 6.07 Å². The van der Waals surface area contributed by atoms with Crippen molar-refractivity contribution in [3.63, 3.8) is 0 Å². The van der Waals surface area contributed by atoms with Crippen molar-refractivity contribution >= 4 is 17.0 Å². The van der Waals surface area contributed by atoms with E-state index < -0.39 is 5.97 Å². The minimum atomic E-state index is -1.05. The van der Waals surface area contributed by atoms with Crippen LogP contribution in [0.1, 0.15) is 50.7 Å². The van der Waals surface area contributed by atoms with Gasteiger partial charge < -0.3 is 33.4 Å². The lowest BCUT2D eigenvalue weighted by Crippen LogP contribution is -2.31. The van der Waals surface area contributed by atoms with Crippen molar-refractivity contribution in [3.05, 3.63) is 100 Å². The maximum absolute atomic E-state index is 12.1. The van der Waals surface area contributed by atoms with Crippen LogP contribution in [0.4, 0.5) is 0 Å². The molecule has 0 spiro atoms. The van der Waals surface area contributed by atoms with Crippen molar-refractivity contribution < 1.29 is 33.6 Å². The number of hydrogen-bond acceptors (Lipinski definition) is 10. The minimum absolute atomic E-state index is 0.00120. The van der Waals surface area contributed by atoms with Gasteiger partial charge in [0.15, 0.2) is 0 Å². The quantitative estimate of drug-likeness (QED) is 0.210. The van der Waals surface area contributed by atoms with Gasteiger partial charge in [0.1, 0.15) is 36.4 Å². The number of nitriles is 1. The molecule has 12 heteroatoms. The molecule has 1 atom stereocenters. The van der Waals surface area contributed by atoms with Gasteiger partial charge >= 0.3 is 5.97 Å². The van der Waals surface area contributed by atoms with Crippen molar-refractivity contribution in [2.45, 2.75) is 45.1 Å². The molecule has 5 aromatic rings. The number of aromatic nitrogens is 4. The zero-order valence-corrected chi connectivity index (χ0v) is 27.1. The summed E-state index contributed by atoms with van der Waals surface area (Å²) in [6.45, 7) is 2.71. The van der Waals surface area contributed by atoms with E-state index in [-0.39, 0.29) is 24.9 Å². The molecular weight excluding hydrogens is 626 g/mol. The molecule has 0 saturated carbocycles. The zero-order chi connectivity index (χ0) is 33.7. The highest BCUT2D eigenvalue weighted by Gasteiger charge is 2.25. The molecule has 2 aliphatic heterocycles. The second kappa shape index (κ2) is 14.4. The molecule has 2 aromatic carbocycles. The Kier molecular flexibility index (Phi) is 9.47. The van der Waals surface area contributed by atoms with Gasteiger partial charge in [-0.25, -0.2) is 14.8 Å². The van der Waals surface area contributed by atoms with Crippen LogP contribution in [0.2, 0.25) is 0 Å². The van der Waals surface area contributed by atoms with Crippen LogP contribution in [0.5, 0.6) is 11.6 Å². The Morgan fingerprint density at radius 1 is 1.06 bits per heavy atom. The predicted octanol–water partition coefficient (Wildman–Crippen LogP) is 5.12. The van der Waals surface area contributed by atoms with E-state index >= 15 is 0 Å². The third-order valence-corrected chi connectivity index (χ3v) is 8.70. The van der Waals surface area contributed by atoms with Crippen molar-refractivity contribution in [3.8, 4) is 29.0 Å². The largest absolute Gasteiger partial charge is 0.489 e. The number of fused-ring (bicyclic) bond motifs is 8. The van der Waals surface area contributed by atoms with Gasteiger partial charge in [0.2, 0.25) is 5.88 Å². The fourth-order valence-electron chi connectivity index (χ4n) is 6.02. The van der Waals surface area contributed by atoms with Gasteiger partial charge in [-0.05, 0) is 53.9 Å². The molecule has 6 bridgehead atoms. The number of pyridine rings is 2. The Balaban J connectivity index is 1.27. The summed E-state index contributed by atoms with van der Waals surface area (Å²) in [5.74, 6) is 0.557. The third-order valence-electron chi connectivity index (χ3n) is 8.70. The molecule has 0 radical (unpaired) electrons. The molecule has 0 amide bonds. The number of rotatable bonds is 9. The Hall–Kier alpha value is -5.35. The zero-order valence-electron chi connectivity index (χ0n) is 27.1. The molecule has 12 nitrogen and oxygen atoms in total. The smallest absolute Gasteiger partial charge is 0.335 e. The summed E-state index contributed by atoms with van der Waals surface area (Å²) in [6, 6.07) is 20.7. The molecule has 49 heavy (non-hydrogen) atoms. The predicted molar refractivity (Wildman–Crippen MR) is 178 cm³/mol.